The van der Waals surface area contributed by atoms with Crippen molar-refractivity contribution in [2.24, 2.45) is 5.92 Å². The van der Waals surface area contributed by atoms with Crippen LogP contribution >= 0.6 is 27.7 Å². The molecule has 0 amide bonds. The predicted molar refractivity (Wildman–Crippen MR) is 120 cm³/mol. The van der Waals surface area contributed by atoms with Crippen LogP contribution < -0.4 is 4.74 Å². The fourth-order valence-corrected chi connectivity index (χ4v) is 6.00. The zero-order chi connectivity index (χ0) is 23.1. The molecule has 0 spiro atoms. The van der Waals surface area contributed by atoms with E-state index in [1.807, 2.05) is 0 Å². The summed E-state index contributed by atoms with van der Waals surface area (Å²) in [6.07, 6.45) is -6.50. The summed E-state index contributed by atoms with van der Waals surface area (Å²) in [5, 5.41) is 11.2. The molecule has 166 valence electrons. The van der Waals surface area contributed by atoms with E-state index >= 15 is 13.2 Å². The first-order chi connectivity index (χ1) is 15.2. The zero-order valence-electron chi connectivity index (χ0n) is 16.8. The minimum atomic E-state index is -4.85. The number of ether oxygens (including phenoxy) is 1. The first kappa shape index (κ1) is 22.9. The van der Waals surface area contributed by atoms with E-state index < -0.39 is 28.7 Å². The van der Waals surface area contributed by atoms with Crippen LogP contribution in [0.3, 0.4) is 0 Å². The molecule has 3 atom stereocenters. The number of rotatable bonds is 4. The largest absolute Gasteiger partial charge is 0.497 e. The van der Waals surface area contributed by atoms with Crippen molar-refractivity contribution in [2.45, 2.75) is 21.9 Å². The number of methoxy groups -OCH3 is 1. The highest BCUT2D eigenvalue weighted by Crippen LogP contribution is 2.64. The van der Waals surface area contributed by atoms with Crippen molar-refractivity contribution in [3.8, 4) is 5.75 Å². The molecule has 0 bridgehead atoms. The maximum Gasteiger partial charge on any atom is 0.408 e. The normalized spacial score (nSPS) is 22.8. The van der Waals surface area contributed by atoms with E-state index in [-0.39, 0.29) is 16.0 Å². The zero-order valence-corrected chi connectivity index (χ0v) is 19.2. The molecule has 1 aliphatic heterocycles. The van der Waals surface area contributed by atoms with E-state index in [1.54, 1.807) is 24.3 Å². The van der Waals surface area contributed by atoms with E-state index in [0.29, 0.717) is 27.5 Å². The third kappa shape index (κ3) is 3.74. The van der Waals surface area contributed by atoms with Crippen molar-refractivity contribution in [1.29, 1.82) is 0 Å². The van der Waals surface area contributed by atoms with Crippen LogP contribution in [-0.4, -0.2) is 24.2 Å². The Bertz CT molecular complexity index is 1150. The SMILES string of the molecule is COc1ccc(C(=O)[C@@H]2[C@@H](O)c3ccccc3S[C@@]2(c2cccc(Br)c2)C(F)(F)F)cc1. The number of fused-ring (bicyclic) bond motifs is 1. The summed E-state index contributed by atoms with van der Waals surface area (Å²) in [6, 6.07) is 18.0. The van der Waals surface area contributed by atoms with Gasteiger partial charge in [0, 0.05) is 14.9 Å². The molecule has 1 N–H and O–H groups in total. The first-order valence-corrected chi connectivity index (χ1v) is 11.3. The van der Waals surface area contributed by atoms with Gasteiger partial charge in [-0.05, 0) is 53.6 Å². The molecule has 0 aliphatic carbocycles. The third-order valence-electron chi connectivity index (χ3n) is 5.59. The van der Waals surface area contributed by atoms with Crippen molar-refractivity contribution in [3.05, 3.63) is 94.0 Å². The summed E-state index contributed by atoms with van der Waals surface area (Å²) >= 11 is 3.81. The van der Waals surface area contributed by atoms with E-state index in [0.717, 1.165) is 0 Å². The summed E-state index contributed by atoms with van der Waals surface area (Å²) in [6.45, 7) is 0. The van der Waals surface area contributed by atoms with E-state index in [1.165, 1.54) is 55.6 Å². The summed E-state index contributed by atoms with van der Waals surface area (Å²) in [7, 11) is 1.46. The number of aliphatic hydroxyl groups is 1. The number of ketones is 1. The standard InChI is InChI=1S/C24H18BrF3O3S/c1-31-17-11-9-14(10-12-17)21(29)20-22(30)18-7-2-3-8-19(18)32-23(20,24(26,27)28)15-5-4-6-16(25)13-15/h2-13,20,22,30H,1H3/t20-,22+,23-/m1/s1. The molecular formula is C24H18BrF3O3S. The molecule has 0 fully saturated rings. The molecule has 3 aromatic rings. The van der Waals surface area contributed by atoms with Crippen molar-refractivity contribution in [1.82, 2.24) is 0 Å². The van der Waals surface area contributed by atoms with Gasteiger partial charge in [0.05, 0.1) is 19.1 Å². The number of carbonyl (C=O) groups is 1. The summed E-state index contributed by atoms with van der Waals surface area (Å²) < 4.78 is 47.9. The molecule has 0 radical (unpaired) electrons. The van der Waals surface area contributed by atoms with Gasteiger partial charge in [-0.3, -0.25) is 4.79 Å². The quantitative estimate of drug-likeness (QED) is 0.394. The molecule has 1 heterocycles. The van der Waals surface area contributed by atoms with Gasteiger partial charge in [0.15, 0.2) is 10.5 Å². The number of hydrogen-bond donors (Lipinski definition) is 1. The minimum Gasteiger partial charge on any atom is -0.497 e. The molecule has 0 saturated carbocycles. The molecule has 3 nitrogen and oxygen atoms in total. The monoisotopic (exact) mass is 522 g/mol. The Balaban J connectivity index is 1.98. The molecule has 1 aliphatic rings. The number of thioether (sulfide) groups is 1. The number of Topliss-reactive ketones (excluding diaryl/α,β-unsaturated/α-hetero) is 1. The predicted octanol–water partition coefficient (Wildman–Crippen LogP) is 6.55. The summed E-state index contributed by atoms with van der Waals surface area (Å²) in [5.74, 6) is -2.12. The van der Waals surface area contributed by atoms with Crippen LogP contribution in [0.1, 0.15) is 27.6 Å². The number of alkyl halides is 3. The van der Waals surface area contributed by atoms with E-state index in [2.05, 4.69) is 15.9 Å². The van der Waals surface area contributed by atoms with Gasteiger partial charge in [0.1, 0.15) is 5.75 Å². The number of benzene rings is 3. The third-order valence-corrected chi connectivity index (χ3v) is 7.72. The van der Waals surface area contributed by atoms with E-state index in [4.69, 9.17) is 4.74 Å². The molecular weight excluding hydrogens is 505 g/mol. The van der Waals surface area contributed by atoms with Crippen LogP contribution in [-0.2, 0) is 4.75 Å². The fraction of sp³-hybridized carbons (Fsp3) is 0.208. The van der Waals surface area contributed by atoms with E-state index in [9.17, 15) is 9.90 Å². The lowest BCUT2D eigenvalue weighted by Gasteiger charge is -2.46. The Morgan fingerprint density at radius 2 is 1.75 bits per heavy atom. The lowest BCUT2D eigenvalue weighted by atomic mass is 9.74. The summed E-state index contributed by atoms with van der Waals surface area (Å²) in [4.78, 5) is 13.9. The smallest absolute Gasteiger partial charge is 0.408 e. The van der Waals surface area contributed by atoms with Crippen LogP contribution in [0.5, 0.6) is 5.75 Å². The molecule has 0 saturated heterocycles. The molecule has 3 aromatic carbocycles. The van der Waals surface area contributed by atoms with Crippen molar-refractivity contribution < 1.29 is 27.8 Å². The van der Waals surface area contributed by atoms with Crippen molar-refractivity contribution in [3.63, 3.8) is 0 Å². The van der Waals surface area contributed by atoms with Gasteiger partial charge in [-0.2, -0.15) is 13.2 Å². The average molecular weight is 523 g/mol. The van der Waals surface area contributed by atoms with Crippen LogP contribution in [0, 0.1) is 5.92 Å². The maximum absolute atomic E-state index is 15.0. The first-order valence-electron chi connectivity index (χ1n) is 9.66. The fourth-order valence-electron chi connectivity index (χ4n) is 4.08. The summed E-state index contributed by atoms with van der Waals surface area (Å²) in [5.41, 5.74) is 0.266. The lowest BCUT2D eigenvalue weighted by molar-refractivity contribution is -0.180. The highest BCUT2D eigenvalue weighted by molar-refractivity contribution is 9.10. The van der Waals surface area contributed by atoms with Gasteiger partial charge in [-0.25, -0.2) is 0 Å². The van der Waals surface area contributed by atoms with Crippen LogP contribution in [0.25, 0.3) is 0 Å². The lowest BCUT2D eigenvalue weighted by Crippen LogP contribution is -2.53. The molecule has 8 heteroatoms. The number of carbonyl (C=O) groups excluding carboxylic acids is 1. The highest BCUT2D eigenvalue weighted by atomic mass is 79.9. The van der Waals surface area contributed by atoms with Crippen LogP contribution in [0.2, 0.25) is 0 Å². The Morgan fingerprint density at radius 1 is 1.06 bits per heavy atom. The van der Waals surface area contributed by atoms with Crippen LogP contribution in [0.15, 0.2) is 82.2 Å². The van der Waals surface area contributed by atoms with Gasteiger partial charge in [0.2, 0.25) is 0 Å². The van der Waals surface area contributed by atoms with Crippen LogP contribution in [0.4, 0.5) is 13.2 Å². The molecule has 4 rings (SSSR count). The Kier molecular flexibility index (Phi) is 6.13. The van der Waals surface area contributed by atoms with Crippen molar-refractivity contribution in [2.75, 3.05) is 7.11 Å². The maximum atomic E-state index is 15.0. The highest BCUT2D eigenvalue weighted by Gasteiger charge is 2.67. The number of aliphatic hydroxyl groups excluding tert-OH is 1. The molecule has 0 unspecified atom stereocenters. The molecule has 0 aromatic heterocycles. The topological polar surface area (TPSA) is 46.5 Å². The second-order valence-electron chi connectivity index (χ2n) is 7.40. The van der Waals surface area contributed by atoms with Gasteiger partial charge in [-0.1, -0.05) is 46.3 Å². The second-order valence-corrected chi connectivity index (χ2v) is 9.60. The number of halogens is 4. The van der Waals surface area contributed by atoms with Gasteiger partial charge < -0.3 is 9.84 Å². The molecule has 32 heavy (non-hydrogen) atoms. The Labute approximate surface area is 195 Å². The van der Waals surface area contributed by atoms with Gasteiger partial charge in [-0.15, -0.1) is 11.8 Å². The number of hydrogen-bond acceptors (Lipinski definition) is 4. The van der Waals surface area contributed by atoms with Gasteiger partial charge >= 0.3 is 6.18 Å². The van der Waals surface area contributed by atoms with Gasteiger partial charge in [0.25, 0.3) is 0 Å². The Hall–Kier alpha value is -2.29. The average Bonchev–Trinajstić information content (AvgIpc) is 2.78. The second kappa shape index (κ2) is 8.57. The minimum absolute atomic E-state index is 0.0680. The Morgan fingerprint density at radius 3 is 2.38 bits per heavy atom. The van der Waals surface area contributed by atoms with Crippen molar-refractivity contribution >= 4 is 33.5 Å².